The Balaban J connectivity index is 1.65. The summed E-state index contributed by atoms with van der Waals surface area (Å²) >= 11 is 0. The lowest BCUT2D eigenvalue weighted by Gasteiger charge is -2.20. The Morgan fingerprint density at radius 1 is 1.20 bits per heavy atom. The van der Waals surface area contributed by atoms with Crippen LogP contribution in [0.3, 0.4) is 0 Å². The van der Waals surface area contributed by atoms with E-state index in [0.29, 0.717) is 0 Å². The van der Waals surface area contributed by atoms with Gasteiger partial charge in [-0.25, -0.2) is 4.68 Å². The van der Waals surface area contributed by atoms with Gasteiger partial charge in [-0.2, -0.15) is 18.3 Å². The quantitative estimate of drug-likeness (QED) is 0.933. The van der Waals surface area contributed by atoms with E-state index >= 15 is 0 Å². The van der Waals surface area contributed by atoms with Crippen LogP contribution in [0, 0.1) is 0 Å². The van der Waals surface area contributed by atoms with E-state index in [-0.39, 0.29) is 19.4 Å². The zero-order valence-corrected chi connectivity index (χ0v) is 10.7. The van der Waals surface area contributed by atoms with Gasteiger partial charge in [0, 0.05) is 18.9 Å². The van der Waals surface area contributed by atoms with Gasteiger partial charge in [0.05, 0.1) is 5.69 Å². The fourth-order valence-electron chi connectivity index (χ4n) is 2.14. The van der Waals surface area contributed by atoms with Crippen LogP contribution in [0.4, 0.5) is 13.2 Å². The molecule has 1 N–H and O–H groups in total. The van der Waals surface area contributed by atoms with Crippen LogP contribution in [-0.4, -0.2) is 21.5 Å². The number of hydrogen-bond donors (Lipinski definition) is 1. The molecule has 1 saturated carbocycles. The standard InChI is InChI=1S/C14H14F3N3/c15-14(16,17)13(6-7-13)18-10-11-2-4-12(5-3-11)20-9-1-8-19-20/h1-5,8-9,18H,6-7,10H2. The average Bonchev–Trinajstić information content (AvgIpc) is 3.03. The second-order valence-electron chi connectivity index (χ2n) is 5.05. The lowest BCUT2D eigenvalue weighted by molar-refractivity contribution is -0.166. The van der Waals surface area contributed by atoms with Crippen LogP contribution < -0.4 is 5.32 Å². The molecule has 1 aliphatic carbocycles. The number of aromatic nitrogens is 2. The van der Waals surface area contributed by atoms with Crippen molar-refractivity contribution in [2.24, 2.45) is 0 Å². The molecule has 0 unspecified atom stereocenters. The van der Waals surface area contributed by atoms with Crippen LogP contribution in [0.2, 0.25) is 0 Å². The van der Waals surface area contributed by atoms with E-state index in [4.69, 9.17) is 0 Å². The molecule has 0 saturated heterocycles. The number of hydrogen-bond acceptors (Lipinski definition) is 2. The molecular weight excluding hydrogens is 267 g/mol. The van der Waals surface area contributed by atoms with Crippen molar-refractivity contribution < 1.29 is 13.2 Å². The van der Waals surface area contributed by atoms with Crippen molar-refractivity contribution in [3.05, 3.63) is 48.3 Å². The smallest absolute Gasteiger partial charge is 0.299 e. The van der Waals surface area contributed by atoms with E-state index in [9.17, 15) is 13.2 Å². The van der Waals surface area contributed by atoms with Gasteiger partial charge in [-0.1, -0.05) is 12.1 Å². The monoisotopic (exact) mass is 281 g/mol. The molecule has 6 heteroatoms. The molecule has 0 spiro atoms. The maximum absolute atomic E-state index is 12.8. The molecule has 20 heavy (non-hydrogen) atoms. The third-order valence-electron chi connectivity index (χ3n) is 3.63. The van der Waals surface area contributed by atoms with Crippen LogP contribution in [0.1, 0.15) is 18.4 Å². The minimum atomic E-state index is -4.16. The summed E-state index contributed by atoms with van der Waals surface area (Å²) in [5.41, 5.74) is 0.0559. The van der Waals surface area contributed by atoms with Gasteiger partial charge in [0.1, 0.15) is 5.54 Å². The minimum absolute atomic E-state index is 0.169. The van der Waals surface area contributed by atoms with E-state index in [0.717, 1.165) is 11.3 Å². The van der Waals surface area contributed by atoms with Crippen LogP contribution >= 0.6 is 0 Å². The Kier molecular flexibility index (Phi) is 3.05. The Morgan fingerprint density at radius 2 is 1.90 bits per heavy atom. The van der Waals surface area contributed by atoms with Crippen LogP contribution in [-0.2, 0) is 6.54 Å². The molecule has 3 nitrogen and oxygen atoms in total. The summed E-state index contributed by atoms with van der Waals surface area (Å²) in [6.45, 7) is 0.221. The molecule has 0 atom stereocenters. The molecule has 1 heterocycles. The van der Waals surface area contributed by atoms with Crippen molar-refractivity contribution in [1.29, 1.82) is 0 Å². The van der Waals surface area contributed by atoms with Crippen molar-refractivity contribution in [3.63, 3.8) is 0 Å². The number of rotatable bonds is 4. The Morgan fingerprint density at radius 3 is 2.40 bits per heavy atom. The fraction of sp³-hybridized carbons (Fsp3) is 0.357. The van der Waals surface area contributed by atoms with Gasteiger partial charge in [0.2, 0.25) is 0 Å². The average molecular weight is 281 g/mol. The maximum Gasteiger partial charge on any atom is 0.406 e. The highest BCUT2D eigenvalue weighted by Crippen LogP contribution is 2.49. The zero-order valence-electron chi connectivity index (χ0n) is 10.7. The Hall–Kier alpha value is -1.82. The first-order chi connectivity index (χ1) is 9.50. The summed E-state index contributed by atoms with van der Waals surface area (Å²) in [6.07, 6.45) is -0.336. The van der Waals surface area contributed by atoms with Gasteiger partial charge in [-0.05, 0) is 36.6 Å². The van der Waals surface area contributed by atoms with Gasteiger partial charge in [-0.3, -0.25) is 5.32 Å². The molecule has 106 valence electrons. The van der Waals surface area contributed by atoms with E-state index in [1.54, 1.807) is 10.9 Å². The summed E-state index contributed by atoms with van der Waals surface area (Å²) in [5, 5.41) is 6.73. The molecule has 0 amide bonds. The highest BCUT2D eigenvalue weighted by molar-refractivity contribution is 5.33. The molecule has 1 aliphatic rings. The van der Waals surface area contributed by atoms with Crippen LogP contribution in [0.25, 0.3) is 5.69 Å². The number of nitrogens with zero attached hydrogens (tertiary/aromatic N) is 2. The molecular formula is C14H14F3N3. The fourth-order valence-corrected chi connectivity index (χ4v) is 2.14. The molecule has 1 fully saturated rings. The van der Waals surface area contributed by atoms with Gasteiger partial charge >= 0.3 is 6.18 Å². The lowest BCUT2D eigenvalue weighted by atomic mass is 10.1. The SMILES string of the molecule is FC(F)(F)C1(NCc2ccc(-n3cccn3)cc2)CC1. The maximum atomic E-state index is 12.8. The summed E-state index contributed by atoms with van der Waals surface area (Å²) < 4.78 is 40.0. The summed E-state index contributed by atoms with van der Waals surface area (Å²) in [7, 11) is 0. The first-order valence-electron chi connectivity index (χ1n) is 6.41. The largest absolute Gasteiger partial charge is 0.406 e. The third kappa shape index (κ3) is 2.43. The summed E-state index contributed by atoms with van der Waals surface area (Å²) in [5.74, 6) is 0. The lowest BCUT2D eigenvalue weighted by Crippen LogP contribution is -2.44. The van der Waals surface area contributed by atoms with E-state index in [1.165, 1.54) is 0 Å². The predicted molar refractivity (Wildman–Crippen MR) is 68.4 cm³/mol. The normalized spacial score (nSPS) is 17.1. The van der Waals surface area contributed by atoms with Crippen molar-refractivity contribution in [1.82, 2.24) is 15.1 Å². The number of benzene rings is 1. The van der Waals surface area contributed by atoms with Gasteiger partial charge < -0.3 is 0 Å². The van der Waals surface area contributed by atoms with Crippen molar-refractivity contribution in [2.45, 2.75) is 31.1 Å². The first kappa shape index (κ1) is 13.2. The topological polar surface area (TPSA) is 29.9 Å². The van der Waals surface area contributed by atoms with Crippen molar-refractivity contribution in [2.75, 3.05) is 0 Å². The predicted octanol–water partition coefficient (Wildman–Crippen LogP) is 3.06. The minimum Gasteiger partial charge on any atom is -0.299 e. The van der Waals surface area contributed by atoms with Gasteiger partial charge in [0.15, 0.2) is 0 Å². The highest BCUT2D eigenvalue weighted by Gasteiger charge is 2.62. The molecule has 1 aromatic carbocycles. The molecule has 2 aromatic rings. The highest BCUT2D eigenvalue weighted by atomic mass is 19.4. The molecule has 1 aromatic heterocycles. The van der Waals surface area contributed by atoms with E-state index in [2.05, 4.69) is 10.4 Å². The molecule has 0 aliphatic heterocycles. The molecule has 0 radical (unpaired) electrons. The van der Waals surface area contributed by atoms with E-state index < -0.39 is 11.7 Å². The second-order valence-corrected chi connectivity index (χ2v) is 5.05. The summed E-state index contributed by atoms with van der Waals surface area (Å²) in [6, 6.07) is 9.14. The second kappa shape index (κ2) is 4.63. The van der Waals surface area contributed by atoms with Crippen molar-refractivity contribution >= 4 is 0 Å². The van der Waals surface area contributed by atoms with Crippen LogP contribution in [0.15, 0.2) is 42.7 Å². The van der Waals surface area contributed by atoms with Crippen LogP contribution in [0.5, 0.6) is 0 Å². The van der Waals surface area contributed by atoms with E-state index in [1.807, 2.05) is 36.5 Å². The Labute approximate surface area is 114 Å². The van der Waals surface area contributed by atoms with Crippen molar-refractivity contribution in [3.8, 4) is 5.69 Å². The molecule has 3 rings (SSSR count). The molecule has 0 bridgehead atoms. The van der Waals surface area contributed by atoms with Gasteiger partial charge in [-0.15, -0.1) is 0 Å². The first-order valence-corrected chi connectivity index (χ1v) is 6.41. The zero-order chi connectivity index (χ0) is 14.2. The number of alkyl halides is 3. The Bertz CT molecular complexity index is 569. The number of nitrogens with one attached hydrogen (secondary N) is 1. The van der Waals surface area contributed by atoms with Gasteiger partial charge in [0.25, 0.3) is 0 Å². The number of halogens is 3. The summed E-state index contributed by atoms with van der Waals surface area (Å²) in [4.78, 5) is 0. The third-order valence-corrected chi connectivity index (χ3v) is 3.63.